The van der Waals surface area contributed by atoms with Crippen molar-refractivity contribution < 1.29 is 9.47 Å². The highest BCUT2D eigenvalue weighted by Gasteiger charge is 2.14. The number of aryl methyl sites for hydroxylation is 1. The number of aromatic nitrogens is 2. The van der Waals surface area contributed by atoms with Gasteiger partial charge >= 0.3 is 0 Å². The maximum absolute atomic E-state index is 6.25. The van der Waals surface area contributed by atoms with Crippen molar-refractivity contribution in [2.24, 2.45) is 5.73 Å². The lowest BCUT2D eigenvalue weighted by molar-refractivity contribution is 0.297. The molecule has 1 atom stereocenters. The summed E-state index contributed by atoms with van der Waals surface area (Å²) in [5.74, 6) is 1.58. The Morgan fingerprint density at radius 3 is 2.80 bits per heavy atom. The van der Waals surface area contributed by atoms with Gasteiger partial charge in [-0.2, -0.15) is 5.10 Å². The van der Waals surface area contributed by atoms with Crippen LogP contribution in [0.4, 0.5) is 0 Å². The Labute approximate surface area is 118 Å². The molecule has 0 aliphatic carbocycles. The highest BCUT2D eigenvalue weighted by molar-refractivity contribution is 5.44. The minimum atomic E-state index is -0.119. The summed E-state index contributed by atoms with van der Waals surface area (Å²) in [4.78, 5) is 0. The van der Waals surface area contributed by atoms with Crippen LogP contribution in [0, 0.1) is 6.92 Å². The van der Waals surface area contributed by atoms with E-state index in [1.165, 1.54) is 0 Å². The predicted molar refractivity (Wildman–Crippen MR) is 75.9 cm³/mol. The number of nitrogens with zero attached hydrogens (tertiary/aromatic N) is 2. The fourth-order valence-corrected chi connectivity index (χ4v) is 2.28. The van der Waals surface area contributed by atoms with E-state index in [2.05, 4.69) is 5.10 Å². The van der Waals surface area contributed by atoms with Gasteiger partial charge in [-0.05, 0) is 30.7 Å². The second-order valence-electron chi connectivity index (χ2n) is 5.04. The molecule has 2 heterocycles. The van der Waals surface area contributed by atoms with E-state index in [0.29, 0.717) is 19.8 Å². The number of ether oxygens (including phenoxy) is 2. The van der Waals surface area contributed by atoms with Gasteiger partial charge in [-0.1, -0.05) is 6.07 Å². The summed E-state index contributed by atoms with van der Waals surface area (Å²) in [5.41, 5.74) is 8.28. The molecular weight excluding hydrogens is 254 g/mol. The van der Waals surface area contributed by atoms with Crippen LogP contribution in [0.1, 0.15) is 23.7 Å². The van der Waals surface area contributed by atoms with Crippen molar-refractivity contribution in [1.82, 2.24) is 9.78 Å². The van der Waals surface area contributed by atoms with Crippen LogP contribution >= 0.6 is 0 Å². The molecule has 1 unspecified atom stereocenters. The van der Waals surface area contributed by atoms with Crippen molar-refractivity contribution in [3.8, 4) is 11.5 Å². The van der Waals surface area contributed by atoms with E-state index in [9.17, 15) is 0 Å². The summed E-state index contributed by atoms with van der Waals surface area (Å²) in [6.45, 7) is 4.00. The molecule has 0 saturated heterocycles. The zero-order valence-corrected chi connectivity index (χ0v) is 11.6. The SMILES string of the molecule is Cc1ccn(CC(N)c2ccc3c(c2)OCCCO3)n1. The lowest BCUT2D eigenvalue weighted by Gasteiger charge is -2.15. The topological polar surface area (TPSA) is 62.3 Å². The largest absolute Gasteiger partial charge is 0.490 e. The van der Waals surface area contributed by atoms with Gasteiger partial charge < -0.3 is 15.2 Å². The molecule has 0 spiro atoms. The first-order valence-corrected chi connectivity index (χ1v) is 6.87. The van der Waals surface area contributed by atoms with Crippen molar-refractivity contribution in [3.05, 3.63) is 41.7 Å². The van der Waals surface area contributed by atoms with Crippen molar-refractivity contribution in [2.45, 2.75) is 25.9 Å². The molecule has 1 aromatic carbocycles. The standard InChI is InChI=1S/C15H19N3O2/c1-11-5-6-18(17-11)10-13(16)12-3-4-14-15(9-12)20-8-2-7-19-14/h3-6,9,13H,2,7-8,10,16H2,1H3. The number of nitrogens with two attached hydrogens (primary N) is 1. The van der Waals surface area contributed by atoms with Crippen LogP contribution in [0.15, 0.2) is 30.5 Å². The molecule has 2 aromatic rings. The molecule has 2 N–H and O–H groups in total. The first-order chi connectivity index (χ1) is 9.72. The molecule has 1 aliphatic heterocycles. The highest BCUT2D eigenvalue weighted by atomic mass is 16.5. The van der Waals surface area contributed by atoms with E-state index in [-0.39, 0.29) is 6.04 Å². The van der Waals surface area contributed by atoms with Crippen LogP contribution in [0.25, 0.3) is 0 Å². The van der Waals surface area contributed by atoms with Gasteiger partial charge in [-0.15, -0.1) is 0 Å². The molecule has 0 amide bonds. The summed E-state index contributed by atoms with van der Waals surface area (Å²) in [6.07, 6.45) is 2.85. The smallest absolute Gasteiger partial charge is 0.161 e. The van der Waals surface area contributed by atoms with Gasteiger partial charge in [-0.25, -0.2) is 0 Å². The van der Waals surface area contributed by atoms with Crippen molar-refractivity contribution in [1.29, 1.82) is 0 Å². The maximum atomic E-state index is 6.25. The molecule has 20 heavy (non-hydrogen) atoms. The number of hydrogen-bond acceptors (Lipinski definition) is 4. The zero-order valence-electron chi connectivity index (χ0n) is 11.6. The minimum Gasteiger partial charge on any atom is -0.490 e. The maximum Gasteiger partial charge on any atom is 0.161 e. The average molecular weight is 273 g/mol. The fraction of sp³-hybridized carbons (Fsp3) is 0.400. The van der Waals surface area contributed by atoms with Crippen LogP contribution < -0.4 is 15.2 Å². The molecule has 0 radical (unpaired) electrons. The van der Waals surface area contributed by atoms with Crippen LogP contribution in [-0.2, 0) is 6.54 Å². The van der Waals surface area contributed by atoms with Gasteiger partial charge in [0, 0.05) is 18.7 Å². The van der Waals surface area contributed by atoms with Gasteiger partial charge in [0.05, 0.1) is 25.5 Å². The normalized spacial score (nSPS) is 15.7. The van der Waals surface area contributed by atoms with Gasteiger partial charge in [0.1, 0.15) is 0 Å². The molecular formula is C15H19N3O2. The number of fused-ring (bicyclic) bond motifs is 1. The number of hydrogen-bond donors (Lipinski definition) is 1. The Bertz CT molecular complexity index is 595. The lowest BCUT2D eigenvalue weighted by Crippen LogP contribution is -2.18. The van der Waals surface area contributed by atoms with E-state index >= 15 is 0 Å². The van der Waals surface area contributed by atoms with Crippen LogP contribution in [0.3, 0.4) is 0 Å². The summed E-state index contributed by atoms with van der Waals surface area (Å²) in [6, 6.07) is 7.76. The van der Waals surface area contributed by atoms with Crippen LogP contribution in [0.2, 0.25) is 0 Å². The lowest BCUT2D eigenvalue weighted by atomic mass is 10.1. The Morgan fingerprint density at radius 1 is 1.25 bits per heavy atom. The van der Waals surface area contributed by atoms with Crippen LogP contribution in [-0.4, -0.2) is 23.0 Å². The minimum absolute atomic E-state index is 0.119. The van der Waals surface area contributed by atoms with Crippen molar-refractivity contribution in [3.63, 3.8) is 0 Å². The third-order valence-electron chi connectivity index (χ3n) is 3.36. The number of rotatable bonds is 3. The fourth-order valence-electron chi connectivity index (χ4n) is 2.28. The van der Waals surface area contributed by atoms with E-state index in [0.717, 1.165) is 29.2 Å². The first kappa shape index (κ1) is 13.0. The Balaban J connectivity index is 1.77. The second kappa shape index (κ2) is 5.54. The second-order valence-corrected chi connectivity index (χ2v) is 5.04. The summed E-state index contributed by atoms with van der Waals surface area (Å²) in [7, 11) is 0. The molecule has 3 rings (SSSR count). The van der Waals surface area contributed by atoms with E-state index in [4.69, 9.17) is 15.2 Å². The predicted octanol–water partition coefficient (Wildman–Crippen LogP) is 2.05. The molecule has 1 aliphatic rings. The van der Waals surface area contributed by atoms with Crippen molar-refractivity contribution in [2.75, 3.05) is 13.2 Å². The average Bonchev–Trinajstić information content (AvgIpc) is 2.72. The third-order valence-corrected chi connectivity index (χ3v) is 3.36. The Morgan fingerprint density at radius 2 is 2.05 bits per heavy atom. The van der Waals surface area contributed by atoms with E-state index in [1.54, 1.807) is 0 Å². The molecule has 0 bridgehead atoms. The summed E-state index contributed by atoms with van der Waals surface area (Å²) >= 11 is 0. The molecule has 0 fully saturated rings. The molecule has 106 valence electrons. The molecule has 1 aromatic heterocycles. The van der Waals surface area contributed by atoms with Gasteiger partial charge in [0.25, 0.3) is 0 Å². The van der Waals surface area contributed by atoms with Crippen molar-refractivity contribution >= 4 is 0 Å². The monoisotopic (exact) mass is 273 g/mol. The zero-order chi connectivity index (χ0) is 13.9. The molecule has 5 heteroatoms. The quantitative estimate of drug-likeness (QED) is 0.929. The summed E-state index contributed by atoms with van der Waals surface area (Å²) in [5, 5.41) is 4.36. The first-order valence-electron chi connectivity index (χ1n) is 6.87. The number of benzene rings is 1. The Hall–Kier alpha value is -2.01. The molecule has 0 saturated carbocycles. The van der Waals surface area contributed by atoms with Crippen LogP contribution in [0.5, 0.6) is 11.5 Å². The Kier molecular flexibility index (Phi) is 3.60. The summed E-state index contributed by atoms with van der Waals surface area (Å²) < 4.78 is 13.2. The van der Waals surface area contributed by atoms with Gasteiger partial charge in [0.2, 0.25) is 0 Å². The molecule has 5 nitrogen and oxygen atoms in total. The van der Waals surface area contributed by atoms with E-state index in [1.807, 2.05) is 42.1 Å². The highest BCUT2D eigenvalue weighted by Crippen LogP contribution is 2.32. The van der Waals surface area contributed by atoms with Gasteiger partial charge in [-0.3, -0.25) is 4.68 Å². The van der Waals surface area contributed by atoms with E-state index < -0.39 is 0 Å². The third kappa shape index (κ3) is 2.77. The van der Waals surface area contributed by atoms with Gasteiger partial charge in [0.15, 0.2) is 11.5 Å².